The fraction of sp³-hybridized carbons (Fsp3) is 0.0333. The number of fused-ring (bicyclic) bond motifs is 6. The minimum absolute atomic E-state index is 1.15. The predicted molar refractivity (Wildman–Crippen MR) is 271 cm³/mol. The van der Waals surface area contributed by atoms with Crippen molar-refractivity contribution >= 4 is 43.5 Å². The Kier molecular flexibility index (Phi) is 14.2. The molecule has 0 fully saturated rings. The van der Waals surface area contributed by atoms with E-state index in [0.717, 1.165) is 5.69 Å². The largest absolute Gasteiger partial charge is 0.316 e. The fourth-order valence-corrected chi connectivity index (χ4v) is 7.75. The molecule has 0 atom stereocenters. The number of hydrogen-bond acceptors (Lipinski definition) is 0. The molecule has 2 aromatic heterocycles. The normalized spacial score (nSPS) is 10.3. The minimum Gasteiger partial charge on any atom is -0.316 e. The monoisotopic (exact) mass is 800 g/mol. The Morgan fingerprint density at radius 2 is 0.871 bits per heavy atom. The Morgan fingerprint density at radius 1 is 0.387 bits per heavy atom. The number of hydrogen-bond donors (Lipinski definition) is 0. The van der Waals surface area contributed by atoms with Crippen molar-refractivity contribution in [1.29, 1.82) is 0 Å². The predicted octanol–water partition coefficient (Wildman–Crippen LogP) is 16.9. The van der Waals surface area contributed by atoms with Crippen LogP contribution in [0, 0.1) is 6.92 Å². The molecule has 302 valence electrons. The van der Waals surface area contributed by atoms with E-state index in [1.807, 2.05) is 61.5 Å². The standard InChI is InChI=1S/C42H28N2.C7H8.C6H6.C3H6.C2H4/c1-4-12-29(13-5-1)33-24-34(30-14-6-2-7-15-30)26-36(25-33)43-23-22-32-27-39-31(28-41(32)43)20-21-38-37-18-10-11-19-40(37)44(42(38)39)35-16-8-3-9-17-35;1-7-5-3-2-4-6-7;1-2-4-6-5-3-1;1-3-2;1-2/h1-28H;2-6H,1H3;1-6H;3H,1H2,2H3;1-2H2. The van der Waals surface area contributed by atoms with Crippen molar-refractivity contribution in [3.8, 4) is 33.6 Å². The molecule has 0 N–H and O–H groups in total. The smallest absolute Gasteiger partial charge is 0.0619 e. The second kappa shape index (κ2) is 20.8. The van der Waals surface area contributed by atoms with E-state index in [-0.39, 0.29) is 0 Å². The third kappa shape index (κ3) is 9.57. The van der Waals surface area contributed by atoms with Gasteiger partial charge in [-0.05, 0) is 96.1 Å². The second-order valence-corrected chi connectivity index (χ2v) is 14.7. The number of aromatic nitrogens is 2. The molecule has 0 amide bonds. The number of nitrogens with zero attached hydrogens (tertiary/aromatic N) is 2. The highest BCUT2D eigenvalue weighted by molar-refractivity contribution is 6.20. The lowest BCUT2D eigenvalue weighted by molar-refractivity contribution is 1.13. The number of aryl methyl sites for hydroxylation is 1. The van der Waals surface area contributed by atoms with E-state index in [0.29, 0.717) is 0 Å². The highest BCUT2D eigenvalue weighted by atomic mass is 15.0. The van der Waals surface area contributed by atoms with Crippen LogP contribution in [0.5, 0.6) is 0 Å². The van der Waals surface area contributed by atoms with Gasteiger partial charge in [-0.15, -0.1) is 19.7 Å². The van der Waals surface area contributed by atoms with Gasteiger partial charge >= 0.3 is 0 Å². The van der Waals surface area contributed by atoms with E-state index in [1.165, 1.54) is 77.0 Å². The van der Waals surface area contributed by atoms with Crippen LogP contribution in [0.25, 0.3) is 77.1 Å². The van der Waals surface area contributed by atoms with Crippen molar-refractivity contribution in [2.75, 3.05) is 0 Å². The van der Waals surface area contributed by atoms with Gasteiger partial charge in [0, 0.05) is 39.1 Å². The van der Waals surface area contributed by atoms with Crippen molar-refractivity contribution in [2.45, 2.75) is 13.8 Å². The Labute approximate surface area is 366 Å². The zero-order valence-electron chi connectivity index (χ0n) is 35.6. The molecular formula is C60H52N2. The van der Waals surface area contributed by atoms with Crippen LogP contribution in [0.4, 0.5) is 0 Å². The Hall–Kier alpha value is -7.94. The lowest BCUT2D eigenvalue weighted by atomic mass is 9.98. The van der Waals surface area contributed by atoms with Crippen molar-refractivity contribution in [1.82, 2.24) is 9.13 Å². The van der Waals surface area contributed by atoms with Crippen LogP contribution in [-0.4, -0.2) is 9.13 Å². The minimum atomic E-state index is 1.15. The SMILES string of the molecule is C=C.C=CC.Cc1ccccc1.c1ccc(-c2cc(-c3ccccc3)cc(-n3ccc4cc5c(ccc6c7ccccc7n(-c7ccccc7)c56)cc43)c2)cc1.c1ccccc1. The average Bonchev–Trinajstić information content (AvgIpc) is 3.93. The van der Waals surface area contributed by atoms with Gasteiger partial charge in [-0.3, -0.25) is 0 Å². The first-order chi connectivity index (χ1) is 30.6. The van der Waals surface area contributed by atoms with Gasteiger partial charge in [0.05, 0.1) is 16.6 Å². The molecule has 0 aliphatic rings. The van der Waals surface area contributed by atoms with Crippen LogP contribution in [0.15, 0.2) is 263 Å². The van der Waals surface area contributed by atoms with Crippen molar-refractivity contribution in [3.05, 3.63) is 268 Å². The molecule has 2 nitrogen and oxygen atoms in total. The molecule has 0 aliphatic carbocycles. The summed E-state index contributed by atoms with van der Waals surface area (Å²) in [6, 6.07) is 81.5. The van der Waals surface area contributed by atoms with Gasteiger partial charge in [0.25, 0.3) is 0 Å². The maximum absolute atomic E-state index is 3.36. The summed E-state index contributed by atoms with van der Waals surface area (Å²) in [6.07, 6.45) is 3.96. The molecular weight excluding hydrogens is 749 g/mol. The van der Waals surface area contributed by atoms with Gasteiger partial charge in [0.2, 0.25) is 0 Å². The number of rotatable bonds is 4. The van der Waals surface area contributed by atoms with Crippen LogP contribution in [0.2, 0.25) is 0 Å². The highest BCUT2D eigenvalue weighted by Gasteiger charge is 2.16. The maximum Gasteiger partial charge on any atom is 0.0619 e. The third-order valence-electron chi connectivity index (χ3n) is 10.5. The topological polar surface area (TPSA) is 9.86 Å². The van der Waals surface area contributed by atoms with E-state index >= 15 is 0 Å². The van der Waals surface area contributed by atoms with Gasteiger partial charge < -0.3 is 9.13 Å². The number of benzene rings is 9. The summed E-state index contributed by atoms with van der Waals surface area (Å²) in [7, 11) is 0. The number of allylic oxidation sites excluding steroid dienone is 1. The zero-order valence-corrected chi connectivity index (χ0v) is 35.6. The molecule has 0 saturated carbocycles. The molecule has 0 radical (unpaired) electrons. The van der Waals surface area contributed by atoms with Crippen molar-refractivity contribution in [2.24, 2.45) is 0 Å². The molecule has 0 spiro atoms. The molecule has 9 aromatic carbocycles. The average molecular weight is 801 g/mol. The van der Waals surface area contributed by atoms with Crippen LogP contribution in [0.3, 0.4) is 0 Å². The van der Waals surface area contributed by atoms with Crippen LogP contribution < -0.4 is 0 Å². The Balaban J connectivity index is 0.000000270. The summed E-state index contributed by atoms with van der Waals surface area (Å²) in [5.41, 5.74) is 12.2. The van der Waals surface area contributed by atoms with Gasteiger partial charge in [0.15, 0.2) is 0 Å². The molecule has 2 heterocycles. The summed E-state index contributed by atoms with van der Waals surface area (Å²) < 4.78 is 4.76. The first-order valence-electron chi connectivity index (χ1n) is 21.0. The fourth-order valence-electron chi connectivity index (χ4n) is 7.75. The lowest BCUT2D eigenvalue weighted by Crippen LogP contribution is -1.95. The Morgan fingerprint density at radius 3 is 1.40 bits per heavy atom. The maximum atomic E-state index is 3.36. The van der Waals surface area contributed by atoms with Gasteiger partial charge in [-0.2, -0.15) is 0 Å². The molecule has 2 heteroatoms. The first-order valence-corrected chi connectivity index (χ1v) is 21.0. The summed E-state index contributed by atoms with van der Waals surface area (Å²) in [6.45, 7) is 13.3. The van der Waals surface area contributed by atoms with Gasteiger partial charge in [-0.25, -0.2) is 0 Å². The third-order valence-corrected chi connectivity index (χ3v) is 10.5. The summed E-state index contributed by atoms with van der Waals surface area (Å²) in [4.78, 5) is 0. The first kappa shape index (κ1) is 42.2. The molecule has 0 saturated heterocycles. The van der Waals surface area contributed by atoms with Crippen LogP contribution in [-0.2, 0) is 0 Å². The van der Waals surface area contributed by atoms with E-state index in [4.69, 9.17) is 0 Å². The zero-order chi connectivity index (χ0) is 43.1. The quantitative estimate of drug-likeness (QED) is 0.157. The molecule has 62 heavy (non-hydrogen) atoms. The molecule has 0 unspecified atom stereocenters. The van der Waals surface area contributed by atoms with E-state index < -0.39 is 0 Å². The van der Waals surface area contributed by atoms with Crippen LogP contribution >= 0.6 is 0 Å². The molecule has 11 aromatic rings. The van der Waals surface area contributed by atoms with Gasteiger partial charge in [0.1, 0.15) is 0 Å². The van der Waals surface area contributed by atoms with Crippen molar-refractivity contribution in [3.63, 3.8) is 0 Å². The highest BCUT2D eigenvalue weighted by Crippen LogP contribution is 2.39. The van der Waals surface area contributed by atoms with E-state index in [1.54, 1.807) is 6.08 Å². The van der Waals surface area contributed by atoms with E-state index in [9.17, 15) is 0 Å². The molecule has 11 rings (SSSR count). The summed E-state index contributed by atoms with van der Waals surface area (Å²) in [5, 5.41) is 6.26. The summed E-state index contributed by atoms with van der Waals surface area (Å²) in [5.74, 6) is 0. The van der Waals surface area contributed by atoms with Gasteiger partial charge in [-0.1, -0.05) is 188 Å². The second-order valence-electron chi connectivity index (χ2n) is 14.7. The summed E-state index contributed by atoms with van der Waals surface area (Å²) >= 11 is 0. The Bertz CT molecular complexity index is 3020. The van der Waals surface area contributed by atoms with Crippen molar-refractivity contribution < 1.29 is 0 Å². The molecule has 0 aliphatic heterocycles. The number of para-hydroxylation sites is 2. The molecule has 0 bridgehead atoms. The lowest BCUT2D eigenvalue weighted by Gasteiger charge is -2.14. The van der Waals surface area contributed by atoms with E-state index in [2.05, 4.69) is 218 Å². The van der Waals surface area contributed by atoms with Crippen LogP contribution in [0.1, 0.15) is 12.5 Å².